The van der Waals surface area contributed by atoms with Crippen LogP contribution in [0.25, 0.3) is 0 Å². The van der Waals surface area contributed by atoms with Gasteiger partial charge in [0, 0.05) is 10.5 Å². The van der Waals surface area contributed by atoms with Crippen LogP contribution in [-0.4, -0.2) is 56.9 Å². The minimum Gasteiger partial charge on any atom is -0.493 e. The molecule has 0 bridgehead atoms. The molecule has 0 aromatic heterocycles. The van der Waals surface area contributed by atoms with Crippen LogP contribution in [0.1, 0.15) is 51.5 Å². The molecule has 2 aromatic carbocycles. The summed E-state index contributed by atoms with van der Waals surface area (Å²) in [5.41, 5.74) is -0.691. The quantitative estimate of drug-likeness (QED) is 0.237. The Kier molecular flexibility index (Phi) is 10.3. The van der Waals surface area contributed by atoms with Gasteiger partial charge in [0.25, 0.3) is 0 Å². The Morgan fingerprint density at radius 3 is 2.05 bits per heavy atom. The Morgan fingerprint density at radius 2 is 1.60 bits per heavy atom. The maximum Gasteiger partial charge on any atom is 0.248 e. The number of nitrogens with zero attached hydrogens (tertiary/aromatic N) is 2. The molecule has 3 unspecified atom stereocenters. The Labute approximate surface area is 234 Å². The smallest absolute Gasteiger partial charge is 0.248 e. The molecule has 0 amide bonds. The highest BCUT2D eigenvalue weighted by atomic mass is 16.7. The first-order valence-corrected chi connectivity index (χ1v) is 13.3. The molecule has 3 atom stereocenters. The van der Waals surface area contributed by atoms with Crippen molar-refractivity contribution in [1.29, 1.82) is 5.26 Å². The Balaban J connectivity index is 1.97. The number of ether oxygens (including phenoxy) is 6. The number of methoxy groups -OCH3 is 4. The van der Waals surface area contributed by atoms with Gasteiger partial charge in [-0.25, -0.2) is 0 Å². The van der Waals surface area contributed by atoms with Crippen molar-refractivity contribution in [3.63, 3.8) is 0 Å². The minimum atomic E-state index is -1.38. The van der Waals surface area contributed by atoms with E-state index in [9.17, 15) is 20.5 Å². The first kappa shape index (κ1) is 30.6. The summed E-state index contributed by atoms with van der Waals surface area (Å²) in [5.74, 6) is 2.05. The molecule has 0 saturated carbocycles. The lowest BCUT2D eigenvalue weighted by molar-refractivity contribution is -0.538. The maximum atomic E-state index is 12.1. The Bertz CT molecular complexity index is 1190. The molecule has 40 heavy (non-hydrogen) atoms. The summed E-state index contributed by atoms with van der Waals surface area (Å²) in [5, 5.41) is 33.9. The molecule has 3 rings (SSSR count). The summed E-state index contributed by atoms with van der Waals surface area (Å²) in [6.07, 6.45) is -1.08. The third kappa shape index (κ3) is 5.82. The van der Waals surface area contributed by atoms with Crippen molar-refractivity contribution in [2.24, 2.45) is 5.92 Å². The number of fused-ring (bicyclic) bond motifs is 1. The third-order valence-electron chi connectivity index (χ3n) is 7.70. The summed E-state index contributed by atoms with van der Waals surface area (Å²) in [4.78, 5) is 11.5. The zero-order chi connectivity index (χ0) is 29.4. The highest BCUT2D eigenvalue weighted by Crippen LogP contribution is 2.53. The van der Waals surface area contributed by atoms with Crippen LogP contribution in [0.15, 0.2) is 30.3 Å². The number of aliphatic hydroxyl groups excluding tert-OH is 1. The van der Waals surface area contributed by atoms with Crippen molar-refractivity contribution in [2.75, 3.05) is 28.4 Å². The van der Waals surface area contributed by atoms with Crippen LogP contribution >= 0.6 is 0 Å². The highest BCUT2D eigenvalue weighted by Gasteiger charge is 2.45. The van der Waals surface area contributed by atoms with Crippen LogP contribution in [0.3, 0.4) is 0 Å². The van der Waals surface area contributed by atoms with Gasteiger partial charge in [0.05, 0.1) is 46.3 Å². The van der Waals surface area contributed by atoms with Crippen molar-refractivity contribution >= 4 is 0 Å². The highest BCUT2D eigenvalue weighted by molar-refractivity contribution is 5.65. The normalized spacial score (nSPS) is 15.6. The number of rotatable bonds is 15. The van der Waals surface area contributed by atoms with E-state index >= 15 is 0 Å². The van der Waals surface area contributed by atoms with Crippen LogP contribution in [0.2, 0.25) is 0 Å². The van der Waals surface area contributed by atoms with E-state index in [0.29, 0.717) is 47.2 Å². The van der Waals surface area contributed by atoms with Gasteiger partial charge in [0.15, 0.2) is 23.0 Å². The Hall–Kier alpha value is -3.91. The predicted molar refractivity (Wildman–Crippen MR) is 146 cm³/mol. The summed E-state index contributed by atoms with van der Waals surface area (Å²) in [7, 11) is 5.89. The molecule has 1 heterocycles. The van der Waals surface area contributed by atoms with Crippen LogP contribution in [0.4, 0.5) is 0 Å². The number of nitriles is 1. The molecule has 11 heteroatoms. The van der Waals surface area contributed by atoms with Crippen molar-refractivity contribution in [3.05, 3.63) is 46.0 Å². The molecule has 218 valence electrons. The van der Waals surface area contributed by atoms with Gasteiger partial charge in [-0.1, -0.05) is 38.8 Å². The van der Waals surface area contributed by atoms with Crippen LogP contribution in [-0.2, 0) is 5.41 Å². The summed E-state index contributed by atoms with van der Waals surface area (Å²) in [6, 6.07) is 9.80. The molecular formula is C29H38N2O9. The third-order valence-corrected chi connectivity index (χ3v) is 7.70. The topological polar surface area (TPSA) is 143 Å². The summed E-state index contributed by atoms with van der Waals surface area (Å²) < 4.78 is 33.9. The number of nitro groups is 1. The standard InChI is InChI=1S/C29H38N2O9/c1-7-18(8-2)29(17-30,19-15-24(35-3)27(37-5)28(38-6)26(19)36-4)14-13-21(32)20(31(33)34)16-25-39-22-11-9-10-12-23(22)40-25/h9-12,15,18,20-21,25,32H,7-8,13-14,16H2,1-6H3. The van der Waals surface area contributed by atoms with Crippen LogP contribution < -0.4 is 28.4 Å². The van der Waals surface area contributed by atoms with E-state index in [1.807, 2.05) is 13.8 Å². The zero-order valence-electron chi connectivity index (χ0n) is 23.8. The van der Waals surface area contributed by atoms with E-state index in [0.717, 1.165) is 0 Å². The predicted octanol–water partition coefficient (Wildman–Crippen LogP) is 4.89. The molecule has 0 saturated heterocycles. The van der Waals surface area contributed by atoms with E-state index in [2.05, 4.69) is 6.07 Å². The number of aliphatic hydroxyl groups is 1. The average Bonchev–Trinajstić information content (AvgIpc) is 3.39. The van der Waals surface area contributed by atoms with Crippen molar-refractivity contribution < 1.29 is 38.5 Å². The number of hydrogen-bond donors (Lipinski definition) is 1. The van der Waals surface area contributed by atoms with Crippen molar-refractivity contribution in [3.8, 4) is 40.6 Å². The molecule has 11 nitrogen and oxygen atoms in total. The molecule has 2 aromatic rings. The molecule has 0 aliphatic carbocycles. The van der Waals surface area contributed by atoms with E-state index in [1.54, 1.807) is 30.3 Å². The van der Waals surface area contributed by atoms with Crippen molar-refractivity contribution in [1.82, 2.24) is 0 Å². The largest absolute Gasteiger partial charge is 0.493 e. The zero-order valence-corrected chi connectivity index (χ0v) is 23.8. The number of hydrogen-bond acceptors (Lipinski definition) is 10. The van der Waals surface area contributed by atoms with Gasteiger partial charge >= 0.3 is 0 Å². The first-order chi connectivity index (χ1) is 19.2. The van der Waals surface area contributed by atoms with Crippen LogP contribution in [0.5, 0.6) is 34.5 Å². The number of benzene rings is 2. The lowest BCUT2D eigenvalue weighted by atomic mass is 9.65. The molecule has 1 aliphatic heterocycles. The van der Waals surface area contributed by atoms with E-state index in [1.165, 1.54) is 28.4 Å². The maximum absolute atomic E-state index is 12.1. The fourth-order valence-electron chi connectivity index (χ4n) is 5.61. The second-order valence-electron chi connectivity index (χ2n) is 9.63. The lowest BCUT2D eigenvalue weighted by Gasteiger charge is -2.37. The minimum absolute atomic E-state index is 0.0326. The second kappa shape index (κ2) is 13.4. The lowest BCUT2D eigenvalue weighted by Crippen LogP contribution is -2.41. The molecule has 1 N–H and O–H groups in total. The Morgan fingerprint density at radius 1 is 1.02 bits per heavy atom. The molecular weight excluding hydrogens is 520 g/mol. The molecule has 0 radical (unpaired) electrons. The van der Waals surface area contributed by atoms with Gasteiger partial charge in [-0.2, -0.15) is 5.26 Å². The van der Waals surface area contributed by atoms with Gasteiger partial charge in [-0.15, -0.1) is 0 Å². The average molecular weight is 559 g/mol. The summed E-state index contributed by atoms with van der Waals surface area (Å²) in [6.45, 7) is 3.96. The van der Waals surface area contributed by atoms with Gasteiger partial charge in [0.1, 0.15) is 6.10 Å². The summed E-state index contributed by atoms with van der Waals surface area (Å²) >= 11 is 0. The van der Waals surface area contributed by atoms with Crippen molar-refractivity contribution in [2.45, 2.75) is 69.8 Å². The molecule has 1 aliphatic rings. The van der Waals surface area contributed by atoms with Gasteiger partial charge in [-0.3, -0.25) is 10.1 Å². The second-order valence-corrected chi connectivity index (χ2v) is 9.63. The SMILES string of the molecule is CCC(CC)C(C#N)(CCC(O)C(CC1Oc2ccccc2O1)[N+](=O)[O-])c1cc(OC)c(OC)c(OC)c1OC. The van der Waals surface area contributed by atoms with E-state index in [-0.39, 0.29) is 30.9 Å². The van der Waals surface area contributed by atoms with Gasteiger partial charge < -0.3 is 33.5 Å². The van der Waals surface area contributed by atoms with Gasteiger partial charge in [-0.05, 0) is 37.0 Å². The number of para-hydroxylation sites is 2. The molecule has 0 spiro atoms. The fraction of sp³-hybridized carbons (Fsp3) is 0.552. The van der Waals surface area contributed by atoms with Crippen LogP contribution in [0, 0.1) is 27.4 Å². The van der Waals surface area contributed by atoms with E-state index < -0.39 is 28.8 Å². The fourth-order valence-corrected chi connectivity index (χ4v) is 5.61. The first-order valence-electron chi connectivity index (χ1n) is 13.3. The van der Waals surface area contributed by atoms with Gasteiger partial charge in [0.2, 0.25) is 23.8 Å². The molecule has 0 fully saturated rings. The van der Waals surface area contributed by atoms with E-state index in [4.69, 9.17) is 28.4 Å². The monoisotopic (exact) mass is 558 g/mol.